The fourth-order valence-electron chi connectivity index (χ4n) is 0.682. The number of nitriles is 2. The third-order valence-corrected chi connectivity index (χ3v) is 5.40. The van der Waals surface area contributed by atoms with Crippen LogP contribution in [0.5, 0.6) is 0 Å². The molecule has 0 heterocycles. The first-order valence-electron chi connectivity index (χ1n) is 3.48. The minimum atomic E-state index is -1.14. The molecule has 0 atom stereocenters. The molecule has 0 rings (SSSR count). The molecule has 0 aliphatic rings. The van der Waals surface area contributed by atoms with Crippen LogP contribution in [-0.4, -0.2) is 22.1 Å². The lowest BCUT2D eigenvalue weighted by molar-refractivity contribution is 0.866. The van der Waals surface area contributed by atoms with Crippen molar-refractivity contribution in [1.82, 2.24) is 4.31 Å². The van der Waals surface area contributed by atoms with Gasteiger partial charge in [0, 0.05) is 0 Å². The predicted molar refractivity (Wildman–Crippen MR) is 47.7 cm³/mol. The van der Waals surface area contributed by atoms with E-state index in [0.717, 1.165) is 11.5 Å². The minimum Gasteiger partial charge on any atom is -0.175 e. The molecule has 0 bridgehead atoms. The normalized spacial score (nSPS) is 11.4. The molecule has 0 saturated heterocycles. The highest BCUT2D eigenvalue weighted by Crippen LogP contribution is 2.45. The lowest BCUT2D eigenvalue weighted by Crippen LogP contribution is -2.21. The van der Waals surface area contributed by atoms with Crippen LogP contribution in [0.3, 0.4) is 0 Å². The van der Waals surface area contributed by atoms with E-state index >= 15 is 0 Å². The van der Waals surface area contributed by atoms with Crippen LogP contribution in [-0.2, 0) is 0 Å². The van der Waals surface area contributed by atoms with Crippen molar-refractivity contribution in [3.63, 3.8) is 0 Å². The van der Waals surface area contributed by atoms with Gasteiger partial charge in [-0.15, -0.1) is 10.2 Å². The fourth-order valence-corrected chi connectivity index (χ4v) is 2.00. The zero-order chi connectivity index (χ0) is 8.91. The van der Waals surface area contributed by atoms with Crippen molar-refractivity contribution in [3.8, 4) is 12.4 Å². The van der Waals surface area contributed by atoms with Crippen molar-refractivity contribution in [3.05, 3.63) is 0 Å². The van der Waals surface area contributed by atoms with Crippen LogP contribution in [0, 0.1) is 22.9 Å². The summed E-state index contributed by atoms with van der Waals surface area (Å²) in [5, 5.41) is 17.2. The Hall–Kier alpha value is -0.870. The largest absolute Gasteiger partial charge is 0.203 e. The van der Waals surface area contributed by atoms with Gasteiger partial charge in [0.25, 0.3) is 0 Å². The molecule has 0 fully saturated rings. The van der Waals surface area contributed by atoms with Crippen molar-refractivity contribution >= 4 is 10.2 Å². The molecule has 0 aromatic heterocycles. The van der Waals surface area contributed by atoms with Crippen LogP contribution in [0.15, 0.2) is 0 Å². The molecule has 0 saturated carbocycles. The van der Waals surface area contributed by atoms with Crippen LogP contribution < -0.4 is 0 Å². The molecule has 11 heavy (non-hydrogen) atoms. The van der Waals surface area contributed by atoms with Crippen LogP contribution in [0.25, 0.3) is 0 Å². The summed E-state index contributed by atoms with van der Waals surface area (Å²) in [6.45, 7) is 4.03. The topological polar surface area (TPSA) is 50.8 Å². The molecular formula is C7H13N3S. The zero-order valence-electron chi connectivity index (χ0n) is 7.16. The molecule has 0 aliphatic heterocycles. The first kappa shape index (κ1) is 10.1. The van der Waals surface area contributed by atoms with Crippen LogP contribution in [0.2, 0.25) is 0 Å². The third-order valence-electron chi connectivity index (χ3n) is 1.87. The Kier molecular flexibility index (Phi) is 3.78. The monoisotopic (exact) mass is 171 g/mol. The Balaban J connectivity index is 4.52. The number of rotatable bonds is 3. The van der Waals surface area contributed by atoms with Gasteiger partial charge in [-0.05, 0) is 17.8 Å². The Labute approximate surface area is 69.7 Å². The highest BCUT2D eigenvalue weighted by molar-refractivity contribution is 8.31. The third kappa shape index (κ3) is 2.03. The Morgan fingerprint density at radius 3 is 1.64 bits per heavy atom. The second-order valence-electron chi connectivity index (χ2n) is 2.29. The van der Waals surface area contributed by atoms with Gasteiger partial charge in [0.1, 0.15) is 0 Å². The summed E-state index contributed by atoms with van der Waals surface area (Å²) in [6.07, 6.45) is 5.81. The molecule has 0 aromatic carbocycles. The van der Waals surface area contributed by atoms with E-state index < -0.39 is 10.2 Å². The number of nitrogens with zero attached hydrogens (tertiary/aromatic N) is 3. The van der Waals surface area contributed by atoms with Crippen LogP contribution in [0.1, 0.15) is 13.8 Å². The molecule has 0 aliphatic carbocycles. The minimum absolute atomic E-state index is 0.893. The number of hydrogen-bond donors (Lipinski definition) is 0. The summed E-state index contributed by atoms with van der Waals surface area (Å²) in [4.78, 5) is 0. The summed E-state index contributed by atoms with van der Waals surface area (Å²) in [5.41, 5.74) is 0. The lowest BCUT2D eigenvalue weighted by atomic mass is 11.0. The first-order valence-corrected chi connectivity index (χ1v) is 5.81. The van der Waals surface area contributed by atoms with Gasteiger partial charge in [-0.25, -0.2) is 0 Å². The van der Waals surface area contributed by atoms with Crippen molar-refractivity contribution in [1.29, 1.82) is 10.5 Å². The van der Waals surface area contributed by atoms with E-state index in [1.54, 1.807) is 0 Å². The maximum atomic E-state index is 8.60. The van der Waals surface area contributed by atoms with E-state index in [9.17, 15) is 0 Å². The van der Waals surface area contributed by atoms with Gasteiger partial charge >= 0.3 is 0 Å². The average molecular weight is 171 g/mol. The molecule has 0 unspecified atom stereocenters. The van der Waals surface area contributed by atoms with Gasteiger partial charge in [-0.2, -0.15) is 14.8 Å². The second kappa shape index (κ2) is 4.10. The molecular weight excluding hydrogens is 158 g/mol. The summed E-state index contributed by atoms with van der Waals surface area (Å²) in [7, 11) is -1.14. The second-order valence-corrected chi connectivity index (χ2v) is 6.26. The number of hydrogen-bond acceptors (Lipinski definition) is 3. The highest BCUT2D eigenvalue weighted by Gasteiger charge is 2.21. The quantitative estimate of drug-likeness (QED) is 0.479. The summed E-state index contributed by atoms with van der Waals surface area (Å²) >= 11 is 0. The molecule has 0 N–H and O–H groups in total. The summed E-state index contributed by atoms with van der Waals surface area (Å²) in [6, 6.07) is 0. The van der Waals surface area contributed by atoms with Crippen LogP contribution in [0.4, 0.5) is 0 Å². The zero-order valence-corrected chi connectivity index (χ0v) is 7.98. The van der Waals surface area contributed by atoms with E-state index in [0.29, 0.717) is 0 Å². The van der Waals surface area contributed by atoms with Crippen molar-refractivity contribution in [2.45, 2.75) is 13.8 Å². The van der Waals surface area contributed by atoms with Gasteiger partial charge in [0.2, 0.25) is 12.4 Å². The van der Waals surface area contributed by atoms with E-state index in [1.807, 2.05) is 32.5 Å². The maximum Gasteiger partial charge on any atom is 0.203 e. The van der Waals surface area contributed by atoms with Gasteiger partial charge in [-0.3, -0.25) is 0 Å². The van der Waals surface area contributed by atoms with E-state index in [1.165, 1.54) is 4.31 Å². The Morgan fingerprint density at radius 2 is 1.55 bits per heavy atom. The molecule has 0 amide bonds. The smallest absolute Gasteiger partial charge is 0.175 e. The Bertz CT molecular complexity index is 183. The molecule has 0 aromatic rings. The predicted octanol–water partition coefficient (Wildman–Crippen LogP) is 1.64. The summed E-state index contributed by atoms with van der Waals surface area (Å²) in [5.74, 6) is 1.79. The molecule has 4 heteroatoms. The van der Waals surface area contributed by atoms with Crippen molar-refractivity contribution in [2.24, 2.45) is 0 Å². The summed E-state index contributed by atoms with van der Waals surface area (Å²) < 4.78 is 1.24. The lowest BCUT2D eigenvalue weighted by Gasteiger charge is -2.36. The highest BCUT2D eigenvalue weighted by atomic mass is 32.3. The van der Waals surface area contributed by atoms with Gasteiger partial charge in [-0.1, -0.05) is 13.8 Å². The molecule has 0 radical (unpaired) electrons. The van der Waals surface area contributed by atoms with E-state index in [2.05, 4.69) is 0 Å². The van der Waals surface area contributed by atoms with Crippen LogP contribution >= 0.6 is 10.2 Å². The van der Waals surface area contributed by atoms with Gasteiger partial charge < -0.3 is 0 Å². The Morgan fingerprint density at radius 1 is 1.18 bits per heavy atom. The fraction of sp³-hybridized carbons (Fsp3) is 0.714. The van der Waals surface area contributed by atoms with E-state index in [4.69, 9.17) is 10.5 Å². The van der Waals surface area contributed by atoms with Crippen molar-refractivity contribution in [2.75, 3.05) is 17.8 Å². The SMILES string of the molecule is CCS(C)(CC)N(C#N)C#N. The van der Waals surface area contributed by atoms with E-state index in [-0.39, 0.29) is 0 Å². The standard InChI is InChI=1S/C7H13N3S/c1-4-11(3,5-2)10(6-8)7-9/h4-5H2,1-3H3. The first-order chi connectivity index (χ1) is 5.14. The molecule has 62 valence electrons. The maximum absolute atomic E-state index is 8.60. The van der Waals surface area contributed by atoms with Gasteiger partial charge in [0.05, 0.1) is 0 Å². The van der Waals surface area contributed by atoms with Gasteiger partial charge in [0.15, 0.2) is 0 Å². The average Bonchev–Trinajstić information content (AvgIpc) is 2.06. The molecule has 0 spiro atoms. The van der Waals surface area contributed by atoms with Crippen molar-refractivity contribution < 1.29 is 0 Å². The molecule has 3 nitrogen and oxygen atoms in total.